The Balaban J connectivity index is 1.33. The lowest BCUT2D eigenvalue weighted by atomic mass is 9.88. The largest absolute Gasteiger partial charge is 0.332 e. The van der Waals surface area contributed by atoms with Crippen LogP contribution in [0.15, 0.2) is 58.1 Å². The smallest absolute Gasteiger partial charge is 0.317 e. The number of nitrogens with one attached hydrogen (secondary N) is 1. The molecule has 2 aliphatic carbocycles. The third kappa shape index (κ3) is 4.88. The maximum absolute atomic E-state index is 14.0. The van der Waals surface area contributed by atoms with Crippen LogP contribution in [0.5, 0.6) is 0 Å². The Morgan fingerprint density at radius 1 is 0.881 bits per heavy atom. The summed E-state index contributed by atoms with van der Waals surface area (Å²) < 4.78 is 5.36. The van der Waals surface area contributed by atoms with Crippen LogP contribution in [0.2, 0.25) is 0 Å². The minimum atomic E-state index is -0.217. The van der Waals surface area contributed by atoms with Crippen molar-refractivity contribution in [3.63, 3.8) is 0 Å². The van der Waals surface area contributed by atoms with Gasteiger partial charge in [0, 0.05) is 31.1 Å². The second-order valence-electron chi connectivity index (χ2n) is 11.8. The maximum atomic E-state index is 14.0. The summed E-state index contributed by atoms with van der Waals surface area (Å²) in [6, 6.07) is 16.5. The molecule has 0 spiro atoms. The second-order valence-corrected chi connectivity index (χ2v) is 11.8. The van der Waals surface area contributed by atoms with Crippen LogP contribution < -0.4 is 11.2 Å². The summed E-state index contributed by atoms with van der Waals surface area (Å²) in [4.78, 5) is 32.7. The van der Waals surface area contributed by atoms with Crippen molar-refractivity contribution in [3.05, 3.63) is 80.8 Å². The first-order valence-electron chi connectivity index (χ1n) is 15.3. The molecule has 2 saturated carbocycles. The zero-order valence-corrected chi connectivity index (χ0v) is 24.0. The van der Waals surface area contributed by atoms with Crippen molar-refractivity contribution in [1.29, 1.82) is 0 Å². The Morgan fingerprint density at radius 3 is 2.33 bits per heavy atom. The Morgan fingerprint density at radius 2 is 1.64 bits per heavy atom. The number of benzene rings is 2. The van der Waals surface area contributed by atoms with Crippen molar-refractivity contribution in [1.82, 2.24) is 39.3 Å². The van der Waals surface area contributed by atoms with Crippen LogP contribution in [-0.4, -0.2) is 39.3 Å². The quantitative estimate of drug-likeness (QED) is 0.266. The number of nitrogens with zero attached hydrogens (tertiary/aromatic N) is 7. The number of hydrogen-bond donors (Lipinski definition) is 1. The molecule has 0 amide bonds. The highest BCUT2D eigenvalue weighted by Gasteiger charge is 2.29. The van der Waals surface area contributed by atoms with E-state index < -0.39 is 0 Å². The number of hydrogen-bond acceptors (Lipinski definition) is 6. The molecule has 7 rings (SSSR count). The van der Waals surface area contributed by atoms with E-state index in [0.29, 0.717) is 42.5 Å². The number of tetrazole rings is 1. The Kier molecular flexibility index (Phi) is 7.05. The molecule has 0 unspecified atom stereocenters. The highest BCUT2D eigenvalue weighted by molar-refractivity contribution is 5.80. The Hall–Kier alpha value is -4.34. The van der Waals surface area contributed by atoms with Crippen LogP contribution in [0.4, 0.5) is 0 Å². The van der Waals surface area contributed by atoms with Gasteiger partial charge in [-0.2, -0.15) is 0 Å². The molecule has 0 radical (unpaired) electrons. The molecule has 3 aromatic heterocycles. The summed E-state index contributed by atoms with van der Waals surface area (Å²) in [6.45, 7) is 3.64. The van der Waals surface area contributed by atoms with Crippen LogP contribution in [0, 0.1) is 5.92 Å². The summed E-state index contributed by atoms with van der Waals surface area (Å²) in [5.74, 6) is 2.27. The van der Waals surface area contributed by atoms with Crippen LogP contribution in [0.3, 0.4) is 0 Å². The number of rotatable bonds is 9. The molecule has 3 heterocycles. The molecule has 10 nitrogen and oxygen atoms in total. The van der Waals surface area contributed by atoms with Crippen molar-refractivity contribution in [2.75, 3.05) is 0 Å². The molecule has 1 N–H and O–H groups in total. The number of aromatic nitrogens is 8. The molecule has 42 heavy (non-hydrogen) atoms. The van der Waals surface area contributed by atoms with Crippen LogP contribution in [-0.2, 0) is 19.6 Å². The van der Waals surface area contributed by atoms with Crippen molar-refractivity contribution < 1.29 is 0 Å². The van der Waals surface area contributed by atoms with Gasteiger partial charge in [0.2, 0.25) is 0 Å². The average Bonchev–Trinajstić information content (AvgIpc) is 3.52. The summed E-state index contributed by atoms with van der Waals surface area (Å²) in [5, 5.41) is 14.4. The van der Waals surface area contributed by atoms with E-state index in [1.807, 2.05) is 18.2 Å². The highest BCUT2D eigenvalue weighted by atomic mass is 16.2. The molecule has 0 atom stereocenters. The van der Waals surface area contributed by atoms with Gasteiger partial charge in [-0.05, 0) is 65.1 Å². The third-order valence-corrected chi connectivity index (χ3v) is 8.83. The number of H-pyrrole nitrogens is 1. The van der Waals surface area contributed by atoms with Crippen LogP contribution >= 0.6 is 0 Å². The fourth-order valence-corrected chi connectivity index (χ4v) is 6.47. The number of imidazole rings is 1. The van der Waals surface area contributed by atoms with Crippen molar-refractivity contribution in [3.8, 4) is 22.5 Å². The molecular weight excluding hydrogens is 528 g/mol. The lowest BCUT2D eigenvalue weighted by Crippen LogP contribution is -2.41. The van der Waals surface area contributed by atoms with Crippen LogP contribution in [0.1, 0.15) is 75.6 Å². The minimum absolute atomic E-state index is 0.199. The summed E-state index contributed by atoms with van der Waals surface area (Å²) in [6.07, 6.45) is 8.63. The molecule has 0 aliphatic heterocycles. The van der Waals surface area contributed by atoms with Gasteiger partial charge in [-0.15, -0.1) is 5.10 Å². The third-order valence-electron chi connectivity index (χ3n) is 8.83. The van der Waals surface area contributed by atoms with Crippen LogP contribution in [0.25, 0.3) is 33.7 Å². The SMILES string of the molecule is CCCn1c(=O)n(CC2CC2)c(=O)c2c1nc(C1CCCCC1)n2Cc1ccc(-c2ccccc2-c2nnn[nH]2)cc1. The minimum Gasteiger partial charge on any atom is -0.317 e. The molecule has 10 heteroatoms. The second kappa shape index (κ2) is 11.2. The predicted octanol–water partition coefficient (Wildman–Crippen LogP) is 5.12. The first kappa shape index (κ1) is 26.6. The zero-order chi connectivity index (χ0) is 28.6. The first-order chi connectivity index (χ1) is 20.6. The molecule has 0 saturated heterocycles. The fraction of sp³-hybridized carbons (Fsp3) is 0.438. The summed E-state index contributed by atoms with van der Waals surface area (Å²) in [7, 11) is 0. The molecular formula is C32H36N8O2. The summed E-state index contributed by atoms with van der Waals surface area (Å²) >= 11 is 0. The van der Waals surface area contributed by atoms with Gasteiger partial charge in [-0.1, -0.05) is 74.7 Å². The summed E-state index contributed by atoms with van der Waals surface area (Å²) in [5.41, 5.74) is 4.79. The van der Waals surface area contributed by atoms with Crippen molar-refractivity contribution in [2.45, 2.75) is 83.8 Å². The standard InChI is InChI=1S/C32H36N8O2/c1-2-18-38-30-27(31(41)40(32(38)42)20-21-12-13-21)39(29(33-30)24-8-4-3-5-9-24)19-22-14-16-23(17-15-22)25-10-6-7-11-26(25)28-34-36-37-35-28/h6-7,10-11,14-17,21,24H,2-5,8-9,12-13,18-20H2,1H3,(H,34,35,36,37). The predicted molar refractivity (Wildman–Crippen MR) is 161 cm³/mol. The molecule has 5 aromatic rings. The Bertz CT molecular complexity index is 1820. The number of aryl methyl sites for hydroxylation is 1. The molecule has 2 aliphatic rings. The monoisotopic (exact) mass is 564 g/mol. The van der Waals surface area contributed by atoms with E-state index in [2.05, 4.69) is 62.4 Å². The van der Waals surface area contributed by atoms with E-state index in [1.54, 1.807) is 4.57 Å². The first-order valence-corrected chi connectivity index (χ1v) is 15.3. The van der Waals surface area contributed by atoms with E-state index in [0.717, 1.165) is 73.0 Å². The van der Waals surface area contributed by atoms with E-state index in [1.165, 1.54) is 11.0 Å². The fourth-order valence-electron chi connectivity index (χ4n) is 6.47. The van der Waals surface area contributed by atoms with Gasteiger partial charge in [0.25, 0.3) is 5.56 Å². The topological polar surface area (TPSA) is 116 Å². The van der Waals surface area contributed by atoms with Gasteiger partial charge in [0.1, 0.15) is 5.82 Å². The highest BCUT2D eigenvalue weighted by Crippen LogP contribution is 2.35. The van der Waals surface area contributed by atoms with Gasteiger partial charge in [0.15, 0.2) is 17.0 Å². The molecule has 2 aromatic carbocycles. The molecule has 216 valence electrons. The zero-order valence-electron chi connectivity index (χ0n) is 24.0. The van der Waals surface area contributed by atoms with Crippen molar-refractivity contribution in [2.24, 2.45) is 5.92 Å². The van der Waals surface area contributed by atoms with Crippen molar-refractivity contribution >= 4 is 11.2 Å². The van der Waals surface area contributed by atoms with E-state index in [-0.39, 0.29) is 17.2 Å². The maximum Gasteiger partial charge on any atom is 0.332 e. The van der Waals surface area contributed by atoms with E-state index in [9.17, 15) is 9.59 Å². The average molecular weight is 565 g/mol. The number of fused-ring (bicyclic) bond motifs is 1. The van der Waals surface area contributed by atoms with Gasteiger partial charge in [-0.3, -0.25) is 13.9 Å². The lowest BCUT2D eigenvalue weighted by molar-refractivity contribution is 0.419. The van der Waals surface area contributed by atoms with Gasteiger partial charge >= 0.3 is 5.69 Å². The number of aromatic amines is 1. The van der Waals surface area contributed by atoms with E-state index >= 15 is 0 Å². The normalized spacial score (nSPS) is 15.9. The lowest BCUT2D eigenvalue weighted by Gasteiger charge is -2.22. The van der Waals surface area contributed by atoms with Gasteiger partial charge in [0.05, 0.1) is 0 Å². The van der Waals surface area contributed by atoms with E-state index in [4.69, 9.17) is 4.98 Å². The Labute approximate surface area is 243 Å². The van der Waals surface area contributed by atoms with Gasteiger partial charge < -0.3 is 4.57 Å². The molecule has 0 bridgehead atoms. The molecule has 2 fully saturated rings. The van der Waals surface area contributed by atoms with Gasteiger partial charge in [-0.25, -0.2) is 14.9 Å².